The van der Waals surface area contributed by atoms with E-state index in [4.69, 9.17) is 11.5 Å². The molecule has 0 aliphatic carbocycles. The SMILES string of the molecule is C#Cc1ccc2c(c1)CN(C(=O)C[C@H](C)C(=O)O)C2. The summed E-state index contributed by atoms with van der Waals surface area (Å²) >= 11 is 0. The van der Waals surface area contributed by atoms with Crippen LogP contribution >= 0.6 is 0 Å². The molecule has 0 aromatic heterocycles. The molecule has 98 valence electrons. The van der Waals surface area contributed by atoms with Crippen LogP contribution in [0.25, 0.3) is 0 Å². The number of nitrogens with zero attached hydrogens (tertiary/aromatic N) is 1. The molecule has 0 saturated carbocycles. The highest BCUT2D eigenvalue weighted by atomic mass is 16.4. The van der Waals surface area contributed by atoms with Crippen molar-refractivity contribution in [3.05, 3.63) is 34.9 Å². The van der Waals surface area contributed by atoms with Gasteiger partial charge in [0, 0.05) is 25.1 Å². The van der Waals surface area contributed by atoms with Gasteiger partial charge < -0.3 is 10.0 Å². The van der Waals surface area contributed by atoms with Crippen LogP contribution in [0.1, 0.15) is 30.0 Å². The number of benzene rings is 1. The third kappa shape index (κ3) is 2.76. The highest BCUT2D eigenvalue weighted by Gasteiger charge is 2.26. The van der Waals surface area contributed by atoms with Crippen LogP contribution in [0.4, 0.5) is 0 Å². The Kier molecular flexibility index (Phi) is 3.57. The maximum Gasteiger partial charge on any atom is 0.306 e. The molecule has 1 N–H and O–H groups in total. The fourth-order valence-electron chi connectivity index (χ4n) is 2.14. The predicted octanol–water partition coefficient (Wildman–Crippen LogP) is 1.62. The van der Waals surface area contributed by atoms with Gasteiger partial charge >= 0.3 is 5.97 Å². The van der Waals surface area contributed by atoms with E-state index < -0.39 is 11.9 Å². The van der Waals surface area contributed by atoms with Gasteiger partial charge in [0.2, 0.25) is 5.91 Å². The zero-order valence-corrected chi connectivity index (χ0v) is 10.7. The molecule has 1 atom stereocenters. The second-order valence-corrected chi connectivity index (χ2v) is 4.82. The molecule has 0 radical (unpaired) electrons. The van der Waals surface area contributed by atoms with Gasteiger partial charge in [-0.15, -0.1) is 6.42 Å². The molecule has 19 heavy (non-hydrogen) atoms. The van der Waals surface area contributed by atoms with Crippen LogP contribution in [0.3, 0.4) is 0 Å². The molecule has 4 heteroatoms. The topological polar surface area (TPSA) is 57.6 Å². The zero-order valence-electron chi connectivity index (χ0n) is 10.7. The molecule has 0 saturated heterocycles. The molecule has 0 fully saturated rings. The van der Waals surface area contributed by atoms with Gasteiger partial charge in [0.25, 0.3) is 0 Å². The number of carboxylic acid groups (broad SMARTS) is 1. The molecule has 0 bridgehead atoms. The smallest absolute Gasteiger partial charge is 0.306 e. The van der Waals surface area contributed by atoms with Gasteiger partial charge in [0.1, 0.15) is 0 Å². The molecule has 4 nitrogen and oxygen atoms in total. The Morgan fingerprint density at radius 3 is 2.74 bits per heavy atom. The van der Waals surface area contributed by atoms with E-state index in [1.807, 2.05) is 18.2 Å². The Labute approximate surface area is 112 Å². The summed E-state index contributed by atoms with van der Waals surface area (Å²) in [6.07, 6.45) is 5.37. The van der Waals surface area contributed by atoms with Crippen molar-refractivity contribution in [2.24, 2.45) is 5.92 Å². The van der Waals surface area contributed by atoms with E-state index in [1.54, 1.807) is 11.8 Å². The van der Waals surface area contributed by atoms with E-state index in [0.29, 0.717) is 13.1 Å². The van der Waals surface area contributed by atoms with Crippen molar-refractivity contribution in [1.29, 1.82) is 0 Å². The summed E-state index contributed by atoms with van der Waals surface area (Å²) in [5, 5.41) is 8.82. The summed E-state index contributed by atoms with van der Waals surface area (Å²) in [7, 11) is 0. The average molecular weight is 257 g/mol. The first-order valence-corrected chi connectivity index (χ1v) is 6.10. The first-order valence-electron chi connectivity index (χ1n) is 6.10. The number of fused-ring (bicyclic) bond motifs is 1. The molecular weight excluding hydrogens is 242 g/mol. The first kappa shape index (κ1) is 13.2. The molecule has 1 aromatic carbocycles. The van der Waals surface area contributed by atoms with E-state index in [-0.39, 0.29) is 12.3 Å². The lowest BCUT2D eigenvalue weighted by atomic mass is 10.1. The zero-order chi connectivity index (χ0) is 14.0. The largest absolute Gasteiger partial charge is 0.481 e. The summed E-state index contributed by atoms with van der Waals surface area (Å²) in [6.45, 7) is 2.58. The van der Waals surface area contributed by atoms with Crippen molar-refractivity contribution in [1.82, 2.24) is 4.90 Å². The number of terminal acetylenes is 1. The molecule has 1 heterocycles. The Balaban J connectivity index is 2.05. The fourth-order valence-corrected chi connectivity index (χ4v) is 2.14. The minimum Gasteiger partial charge on any atom is -0.481 e. The Morgan fingerprint density at radius 1 is 1.42 bits per heavy atom. The molecule has 2 rings (SSSR count). The van der Waals surface area contributed by atoms with Gasteiger partial charge in [-0.25, -0.2) is 0 Å². The highest BCUT2D eigenvalue weighted by molar-refractivity contribution is 5.82. The van der Waals surface area contributed by atoms with Crippen molar-refractivity contribution in [3.8, 4) is 12.3 Å². The quantitative estimate of drug-likeness (QED) is 0.837. The molecule has 1 aliphatic rings. The molecule has 1 aliphatic heterocycles. The average Bonchev–Trinajstić information content (AvgIpc) is 2.81. The van der Waals surface area contributed by atoms with Gasteiger partial charge in [-0.1, -0.05) is 18.9 Å². The normalized spacial score (nSPS) is 14.6. The third-order valence-electron chi connectivity index (χ3n) is 3.35. The number of rotatable bonds is 3. The maximum absolute atomic E-state index is 12.0. The molecule has 0 unspecified atom stereocenters. The van der Waals surface area contributed by atoms with Crippen LogP contribution in [0.15, 0.2) is 18.2 Å². The van der Waals surface area contributed by atoms with E-state index in [9.17, 15) is 9.59 Å². The number of carbonyl (C=O) groups is 2. The van der Waals surface area contributed by atoms with E-state index >= 15 is 0 Å². The summed E-state index contributed by atoms with van der Waals surface area (Å²) in [5.41, 5.74) is 2.93. The van der Waals surface area contributed by atoms with Crippen molar-refractivity contribution >= 4 is 11.9 Å². The van der Waals surface area contributed by atoms with Gasteiger partial charge in [-0.2, -0.15) is 0 Å². The summed E-state index contributed by atoms with van der Waals surface area (Å²) < 4.78 is 0. The standard InChI is InChI=1S/C15H15NO3/c1-3-11-4-5-12-8-16(9-13(12)7-11)14(17)6-10(2)15(18)19/h1,4-5,7,10H,6,8-9H2,2H3,(H,18,19)/t10-/m0/s1. The van der Waals surface area contributed by atoms with Crippen LogP contribution in [0.5, 0.6) is 0 Å². The third-order valence-corrected chi connectivity index (χ3v) is 3.35. The van der Waals surface area contributed by atoms with Crippen LogP contribution in [-0.4, -0.2) is 21.9 Å². The highest BCUT2D eigenvalue weighted by Crippen LogP contribution is 2.24. The number of aliphatic carboxylic acids is 1. The number of hydrogen-bond donors (Lipinski definition) is 1. The lowest BCUT2D eigenvalue weighted by Gasteiger charge is -2.16. The van der Waals surface area contributed by atoms with Gasteiger partial charge in [0.15, 0.2) is 0 Å². The van der Waals surface area contributed by atoms with Crippen LogP contribution < -0.4 is 0 Å². The van der Waals surface area contributed by atoms with Crippen LogP contribution in [-0.2, 0) is 22.7 Å². The number of hydrogen-bond acceptors (Lipinski definition) is 2. The van der Waals surface area contributed by atoms with Crippen molar-refractivity contribution in [3.63, 3.8) is 0 Å². The maximum atomic E-state index is 12.0. The van der Waals surface area contributed by atoms with E-state index in [0.717, 1.165) is 16.7 Å². The number of amides is 1. The number of carboxylic acids is 1. The molecular formula is C15H15NO3. The molecule has 1 aromatic rings. The predicted molar refractivity (Wildman–Crippen MR) is 70.0 cm³/mol. The van der Waals surface area contributed by atoms with Gasteiger partial charge in [-0.05, 0) is 23.3 Å². The summed E-state index contributed by atoms with van der Waals surface area (Å²) in [5.74, 6) is 0.836. The lowest BCUT2D eigenvalue weighted by Crippen LogP contribution is -2.28. The second kappa shape index (κ2) is 5.15. The molecule has 1 amide bonds. The van der Waals surface area contributed by atoms with Crippen LogP contribution in [0.2, 0.25) is 0 Å². The van der Waals surface area contributed by atoms with Gasteiger partial charge in [0.05, 0.1) is 5.92 Å². The van der Waals surface area contributed by atoms with Crippen molar-refractivity contribution in [2.75, 3.05) is 0 Å². The van der Waals surface area contributed by atoms with Crippen molar-refractivity contribution < 1.29 is 14.7 Å². The number of carbonyl (C=O) groups excluding carboxylic acids is 1. The van der Waals surface area contributed by atoms with Crippen LogP contribution in [0, 0.1) is 18.3 Å². The first-order chi connectivity index (χ1) is 9.01. The Hall–Kier alpha value is -2.28. The second-order valence-electron chi connectivity index (χ2n) is 4.82. The summed E-state index contributed by atoms with van der Waals surface area (Å²) in [4.78, 5) is 24.4. The Morgan fingerprint density at radius 2 is 2.11 bits per heavy atom. The van der Waals surface area contributed by atoms with E-state index in [1.165, 1.54) is 0 Å². The minimum atomic E-state index is -0.945. The lowest BCUT2D eigenvalue weighted by molar-refractivity contribution is -0.145. The van der Waals surface area contributed by atoms with E-state index in [2.05, 4.69) is 5.92 Å². The minimum absolute atomic E-state index is 0.0331. The van der Waals surface area contributed by atoms with Crippen molar-refractivity contribution in [2.45, 2.75) is 26.4 Å². The van der Waals surface area contributed by atoms with Gasteiger partial charge in [-0.3, -0.25) is 9.59 Å². The fraction of sp³-hybridized carbons (Fsp3) is 0.333. The monoisotopic (exact) mass is 257 g/mol. The summed E-state index contributed by atoms with van der Waals surface area (Å²) in [6, 6.07) is 5.69. The molecule has 0 spiro atoms. The Bertz CT molecular complexity index is 571.